The van der Waals surface area contributed by atoms with Gasteiger partial charge in [-0.3, -0.25) is 4.79 Å². The Labute approximate surface area is 144 Å². The van der Waals surface area contributed by atoms with Crippen LogP contribution in [0.1, 0.15) is 6.92 Å². The quantitative estimate of drug-likeness (QED) is 0.676. The van der Waals surface area contributed by atoms with Gasteiger partial charge < -0.3 is 14.4 Å². The first-order chi connectivity index (χ1) is 12.2. The van der Waals surface area contributed by atoms with E-state index in [0.717, 1.165) is 55.4 Å². The molecule has 1 aliphatic rings. The van der Waals surface area contributed by atoms with Gasteiger partial charge in [-0.2, -0.15) is 5.10 Å². The van der Waals surface area contributed by atoms with Gasteiger partial charge >= 0.3 is 0 Å². The lowest BCUT2D eigenvalue weighted by atomic mass is 10.2. The number of hydrogen-bond acceptors (Lipinski definition) is 7. The van der Waals surface area contributed by atoms with Crippen LogP contribution in [0.2, 0.25) is 0 Å². The third-order valence-electron chi connectivity index (χ3n) is 4.62. The Hall–Kier alpha value is -2.97. The van der Waals surface area contributed by atoms with E-state index in [4.69, 9.17) is 0 Å². The second-order valence-corrected chi connectivity index (χ2v) is 6.05. The summed E-state index contributed by atoms with van der Waals surface area (Å²) in [6.07, 6.45) is 5.15. The second-order valence-electron chi connectivity index (χ2n) is 6.05. The van der Waals surface area contributed by atoms with Gasteiger partial charge in [0.2, 0.25) is 0 Å². The molecule has 130 valence electrons. The molecule has 4 rings (SSSR count). The van der Waals surface area contributed by atoms with Crippen LogP contribution in [-0.2, 0) is 13.6 Å². The SMILES string of the molecule is CCn1cnc2c(N3CCN(c4cnn(C)c(=O)c4)CC3)ncnc21. The molecule has 1 fully saturated rings. The minimum absolute atomic E-state index is 0.0949. The lowest BCUT2D eigenvalue weighted by molar-refractivity contribution is 0.639. The van der Waals surface area contributed by atoms with Crippen LogP contribution < -0.4 is 15.4 Å². The first kappa shape index (κ1) is 15.6. The number of aryl methyl sites for hydroxylation is 2. The predicted octanol–water partition coefficient (Wildman–Crippen LogP) is 0.266. The summed E-state index contributed by atoms with van der Waals surface area (Å²) in [6, 6.07) is 1.63. The molecule has 0 amide bonds. The molecule has 1 saturated heterocycles. The first-order valence-corrected chi connectivity index (χ1v) is 8.36. The van der Waals surface area contributed by atoms with E-state index in [0.29, 0.717) is 0 Å². The molecule has 0 bridgehead atoms. The molecule has 0 unspecified atom stereocenters. The minimum Gasteiger partial charge on any atom is -0.367 e. The highest BCUT2D eigenvalue weighted by atomic mass is 16.1. The van der Waals surface area contributed by atoms with E-state index in [1.165, 1.54) is 4.68 Å². The predicted molar refractivity (Wildman–Crippen MR) is 94.9 cm³/mol. The molecule has 0 aromatic carbocycles. The zero-order valence-electron chi connectivity index (χ0n) is 14.3. The summed E-state index contributed by atoms with van der Waals surface area (Å²) in [5.74, 6) is 0.874. The Morgan fingerprint density at radius 3 is 2.56 bits per heavy atom. The summed E-state index contributed by atoms with van der Waals surface area (Å²) >= 11 is 0. The standard InChI is InChI=1S/C16H20N8O/c1-3-22-11-19-14-15(22)17-10-18-16(14)24-6-4-23(5-7-24)12-8-13(25)21(2)20-9-12/h8-11H,3-7H2,1-2H3. The summed E-state index contributed by atoms with van der Waals surface area (Å²) in [5.41, 5.74) is 2.48. The van der Waals surface area contributed by atoms with Gasteiger partial charge in [0, 0.05) is 45.8 Å². The summed E-state index contributed by atoms with van der Waals surface area (Å²) in [7, 11) is 1.65. The average molecular weight is 340 g/mol. The van der Waals surface area contributed by atoms with E-state index in [1.807, 2.05) is 10.9 Å². The number of fused-ring (bicyclic) bond motifs is 1. The van der Waals surface area contributed by atoms with Gasteiger partial charge in [-0.05, 0) is 6.92 Å². The fourth-order valence-corrected chi connectivity index (χ4v) is 3.14. The van der Waals surface area contributed by atoms with Crippen LogP contribution >= 0.6 is 0 Å². The normalized spacial score (nSPS) is 15.1. The van der Waals surface area contributed by atoms with Crippen molar-refractivity contribution in [3.63, 3.8) is 0 Å². The number of nitrogens with zero attached hydrogens (tertiary/aromatic N) is 8. The maximum Gasteiger partial charge on any atom is 0.268 e. The van der Waals surface area contributed by atoms with Crippen LogP contribution in [0.3, 0.4) is 0 Å². The van der Waals surface area contributed by atoms with Crippen LogP contribution in [-0.4, -0.2) is 55.5 Å². The highest BCUT2D eigenvalue weighted by Crippen LogP contribution is 2.23. The molecule has 9 nitrogen and oxygen atoms in total. The Balaban J connectivity index is 1.55. The number of rotatable bonds is 3. The van der Waals surface area contributed by atoms with Crippen molar-refractivity contribution in [2.24, 2.45) is 7.05 Å². The van der Waals surface area contributed by atoms with Gasteiger partial charge in [0.15, 0.2) is 17.0 Å². The molecule has 1 aliphatic heterocycles. The highest BCUT2D eigenvalue weighted by Gasteiger charge is 2.22. The van der Waals surface area contributed by atoms with Gasteiger partial charge in [0.1, 0.15) is 6.33 Å². The lowest BCUT2D eigenvalue weighted by Crippen LogP contribution is -2.47. The Bertz CT molecular complexity index is 954. The highest BCUT2D eigenvalue weighted by molar-refractivity contribution is 5.83. The molecule has 3 aromatic heterocycles. The van der Waals surface area contributed by atoms with Gasteiger partial charge in [-0.25, -0.2) is 19.6 Å². The number of imidazole rings is 1. The van der Waals surface area contributed by atoms with Crippen molar-refractivity contribution in [2.45, 2.75) is 13.5 Å². The number of aromatic nitrogens is 6. The summed E-state index contributed by atoms with van der Waals surface area (Å²) < 4.78 is 3.35. The van der Waals surface area contributed by atoms with E-state index >= 15 is 0 Å². The third kappa shape index (κ3) is 2.71. The van der Waals surface area contributed by atoms with Crippen molar-refractivity contribution in [1.29, 1.82) is 0 Å². The smallest absolute Gasteiger partial charge is 0.268 e. The first-order valence-electron chi connectivity index (χ1n) is 8.36. The van der Waals surface area contributed by atoms with Crippen LogP contribution in [0.5, 0.6) is 0 Å². The van der Waals surface area contributed by atoms with Crippen molar-refractivity contribution in [3.05, 3.63) is 35.3 Å². The van der Waals surface area contributed by atoms with Crippen LogP contribution in [0.15, 0.2) is 29.7 Å². The van der Waals surface area contributed by atoms with Crippen LogP contribution in [0.25, 0.3) is 11.2 Å². The summed E-state index contributed by atoms with van der Waals surface area (Å²) in [5, 5.41) is 4.10. The van der Waals surface area contributed by atoms with E-state index < -0.39 is 0 Å². The lowest BCUT2D eigenvalue weighted by Gasteiger charge is -2.36. The summed E-state index contributed by atoms with van der Waals surface area (Å²) in [6.45, 7) is 6.11. The van der Waals surface area contributed by atoms with Gasteiger partial charge in [0.05, 0.1) is 18.2 Å². The maximum atomic E-state index is 11.8. The fourth-order valence-electron chi connectivity index (χ4n) is 3.14. The molecular weight excluding hydrogens is 320 g/mol. The molecule has 9 heteroatoms. The molecule has 0 radical (unpaired) electrons. The fraction of sp³-hybridized carbons (Fsp3) is 0.438. The van der Waals surface area contributed by atoms with E-state index in [1.54, 1.807) is 25.6 Å². The average Bonchev–Trinajstić information content (AvgIpc) is 3.07. The summed E-state index contributed by atoms with van der Waals surface area (Å²) in [4.78, 5) is 29.5. The number of hydrogen-bond donors (Lipinski definition) is 0. The molecular formula is C16H20N8O. The van der Waals surface area contributed by atoms with Gasteiger partial charge in [0.25, 0.3) is 5.56 Å². The van der Waals surface area contributed by atoms with E-state index in [-0.39, 0.29) is 5.56 Å². The van der Waals surface area contributed by atoms with Crippen LogP contribution in [0, 0.1) is 0 Å². The molecule has 4 heterocycles. The topological polar surface area (TPSA) is 85.0 Å². The van der Waals surface area contributed by atoms with E-state index in [9.17, 15) is 4.79 Å². The Morgan fingerprint density at radius 2 is 1.84 bits per heavy atom. The Morgan fingerprint density at radius 1 is 1.08 bits per heavy atom. The van der Waals surface area contributed by atoms with Crippen LogP contribution in [0.4, 0.5) is 11.5 Å². The number of anilines is 2. The molecule has 0 saturated carbocycles. The second kappa shape index (κ2) is 6.15. The zero-order chi connectivity index (χ0) is 17.4. The zero-order valence-corrected chi connectivity index (χ0v) is 14.3. The van der Waals surface area contributed by atoms with Crippen molar-refractivity contribution in [2.75, 3.05) is 36.0 Å². The molecule has 0 aliphatic carbocycles. The largest absolute Gasteiger partial charge is 0.367 e. The van der Waals surface area contributed by atoms with E-state index in [2.05, 4.69) is 36.8 Å². The maximum absolute atomic E-state index is 11.8. The minimum atomic E-state index is -0.0949. The van der Waals surface area contributed by atoms with Crippen molar-refractivity contribution in [1.82, 2.24) is 29.3 Å². The Kier molecular flexibility index (Phi) is 3.83. The molecule has 3 aromatic rings. The van der Waals surface area contributed by atoms with Gasteiger partial charge in [-0.15, -0.1) is 0 Å². The van der Waals surface area contributed by atoms with Crippen molar-refractivity contribution >= 4 is 22.7 Å². The monoisotopic (exact) mass is 340 g/mol. The van der Waals surface area contributed by atoms with Crippen molar-refractivity contribution in [3.8, 4) is 0 Å². The molecule has 0 atom stereocenters. The van der Waals surface area contributed by atoms with Crippen molar-refractivity contribution < 1.29 is 0 Å². The third-order valence-corrected chi connectivity index (χ3v) is 4.62. The van der Waals surface area contributed by atoms with Gasteiger partial charge in [-0.1, -0.05) is 0 Å². The molecule has 0 N–H and O–H groups in total. The number of piperazine rings is 1. The molecule has 25 heavy (non-hydrogen) atoms. The molecule has 0 spiro atoms.